The van der Waals surface area contributed by atoms with Crippen molar-refractivity contribution < 1.29 is 0 Å². The molecule has 14 heavy (non-hydrogen) atoms. The molecule has 2 heterocycles. The zero-order chi connectivity index (χ0) is 10.1. The second-order valence-corrected chi connectivity index (χ2v) is 3.88. The second kappa shape index (κ2) is 3.48. The third kappa shape index (κ3) is 1.33. The molecule has 1 N–H and O–H groups in total. The number of pyridine rings is 1. The molecule has 3 heteroatoms. The van der Waals surface area contributed by atoms with Gasteiger partial charge in [0.05, 0.1) is 5.69 Å². The molecule has 0 saturated heterocycles. The Morgan fingerprint density at radius 1 is 1.64 bits per heavy atom. The molecule has 0 amide bonds. The van der Waals surface area contributed by atoms with Gasteiger partial charge in [-0.1, -0.05) is 6.92 Å². The summed E-state index contributed by atoms with van der Waals surface area (Å²) in [6.45, 7) is 5.35. The number of rotatable bonds is 1. The lowest BCUT2D eigenvalue weighted by Crippen LogP contribution is -2.41. The zero-order valence-corrected chi connectivity index (χ0v) is 9.04. The number of hydrogen-bond donors (Lipinski definition) is 1. The lowest BCUT2D eigenvalue weighted by Gasteiger charge is -2.35. The minimum Gasteiger partial charge on any atom is -0.380 e. The van der Waals surface area contributed by atoms with Crippen LogP contribution in [0.4, 0.5) is 11.5 Å². The Labute approximate surface area is 85.1 Å². The van der Waals surface area contributed by atoms with Crippen molar-refractivity contribution in [3.8, 4) is 0 Å². The molecule has 1 atom stereocenters. The van der Waals surface area contributed by atoms with E-state index in [4.69, 9.17) is 0 Å². The third-order valence-corrected chi connectivity index (χ3v) is 3.01. The van der Waals surface area contributed by atoms with Gasteiger partial charge in [0.1, 0.15) is 0 Å². The number of aryl methyl sites for hydroxylation is 1. The summed E-state index contributed by atoms with van der Waals surface area (Å²) < 4.78 is 0. The van der Waals surface area contributed by atoms with Crippen LogP contribution in [0.2, 0.25) is 0 Å². The Morgan fingerprint density at radius 3 is 3.14 bits per heavy atom. The van der Waals surface area contributed by atoms with Crippen molar-refractivity contribution in [1.82, 2.24) is 4.98 Å². The molecule has 0 fully saturated rings. The smallest absolute Gasteiger partial charge is 0.152 e. The molecule has 0 bridgehead atoms. The monoisotopic (exact) mass is 191 g/mol. The normalized spacial score (nSPS) is 20.2. The van der Waals surface area contributed by atoms with Crippen LogP contribution < -0.4 is 10.2 Å². The van der Waals surface area contributed by atoms with Crippen LogP contribution in [0.5, 0.6) is 0 Å². The van der Waals surface area contributed by atoms with Crippen molar-refractivity contribution in [1.29, 1.82) is 0 Å². The molecule has 0 saturated carbocycles. The molecular weight excluding hydrogens is 174 g/mol. The largest absolute Gasteiger partial charge is 0.380 e. The highest BCUT2D eigenvalue weighted by molar-refractivity contribution is 5.71. The van der Waals surface area contributed by atoms with Gasteiger partial charge in [0.15, 0.2) is 5.82 Å². The van der Waals surface area contributed by atoms with Crippen molar-refractivity contribution in [3.63, 3.8) is 0 Å². The summed E-state index contributed by atoms with van der Waals surface area (Å²) >= 11 is 0. The van der Waals surface area contributed by atoms with Crippen LogP contribution in [-0.4, -0.2) is 24.6 Å². The Hall–Kier alpha value is -1.25. The first-order valence-electron chi connectivity index (χ1n) is 5.16. The quantitative estimate of drug-likeness (QED) is 0.736. The molecule has 1 unspecified atom stereocenters. The van der Waals surface area contributed by atoms with Gasteiger partial charge in [0.2, 0.25) is 0 Å². The van der Waals surface area contributed by atoms with Crippen LogP contribution in [0.25, 0.3) is 0 Å². The van der Waals surface area contributed by atoms with Crippen LogP contribution in [0.15, 0.2) is 12.3 Å². The van der Waals surface area contributed by atoms with Gasteiger partial charge in [0, 0.05) is 25.8 Å². The van der Waals surface area contributed by atoms with E-state index in [1.54, 1.807) is 0 Å². The third-order valence-electron chi connectivity index (χ3n) is 3.01. The summed E-state index contributed by atoms with van der Waals surface area (Å²) in [6.07, 6.45) is 3.03. The van der Waals surface area contributed by atoms with Crippen LogP contribution in [0.3, 0.4) is 0 Å². The van der Waals surface area contributed by atoms with Gasteiger partial charge < -0.3 is 10.2 Å². The van der Waals surface area contributed by atoms with E-state index in [-0.39, 0.29) is 0 Å². The zero-order valence-electron chi connectivity index (χ0n) is 9.04. The topological polar surface area (TPSA) is 28.2 Å². The Balaban J connectivity index is 2.41. The van der Waals surface area contributed by atoms with Gasteiger partial charge in [-0.2, -0.15) is 0 Å². The van der Waals surface area contributed by atoms with Crippen molar-refractivity contribution in [2.45, 2.75) is 26.3 Å². The van der Waals surface area contributed by atoms with Crippen molar-refractivity contribution in [2.75, 3.05) is 23.8 Å². The van der Waals surface area contributed by atoms with Crippen LogP contribution in [0, 0.1) is 6.92 Å². The molecule has 76 valence electrons. The molecule has 1 aromatic heterocycles. The summed E-state index contributed by atoms with van der Waals surface area (Å²) in [7, 11) is 2.13. The average Bonchev–Trinajstić information content (AvgIpc) is 2.20. The lowest BCUT2D eigenvalue weighted by molar-refractivity contribution is 0.615. The van der Waals surface area contributed by atoms with Gasteiger partial charge in [-0.05, 0) is 25.0 Å². The van der Waals surface area contributed by atoms with Gasteiger partial charge >= 0.3 is 0 Å². The van der Waals surface area contributed by atoms with Gasteiger partial charge in [0.25, 0.3) is 0 Å². The Bertz CT molecular complexity index is 335. The highest BCUT2D eigenvalue weighted by atomic mass is 15.2. The van der Waals surface area contributed by atoms with E-state index in [2.05, 4.69) is 36.1 Å². The molecule has 0 radical (unpaired) electrons. The molecule has 0 aromatic carbocycles. The number of aromatic nitrogens is 1. The maximum atomic E-state index is 4.42. The van der Waals surface area contributed by atoms with Crippen molar-refractivity contribution in [3.05, 3.63) is 17.8 Å². The Kier molecular flexibility index (Phi) is 2.32. The molecule has 3 nitrogen and oxygen atoms in total. The summed E-state index contributed by atoms with van der Waals surface area (Å²) in [6, 6.07) is 2.61. The number of fused-ring (bicyclic) bond motifs is 1. The fourth-order valence-corrected chi connectivity index (χ4v) is 1.98. The summed E-state index contributed by atoms with van der Waals surface area (Å²) in [5.74, 6) is 1.09. The fourth-order valence-electron chi connectivity index (χ4n) is 1.98. The van der Waals surface area contributed by atoms with Crippen LogP contribution >= 0.6 is 0 Å². The van der Waals surface area contributed by atoms with Crippen molar-refractivity contribution in [2.24, 2.45) is 0 Å². The van der Waals surface area contributed by atoms with E-state index in [0.29, 0.717) is 6.04 Å². The maximum Gasteiger partial charge on any atom is 0.152 e. The van der Waals surface area contributed by atoms with E-state index in [1.165, 1.54) is 11.3 Å². The average molecular weight is 191 g/mol. The standard InChI is InChI=1S/C11H17N3/c1-4-9-7-13-10-8(2)5-6-12-11(10)14(9)3/h5-6,9,13H,4,7H2,1-3H3. The first kappa shape index (κ1) is 9.31. The van der Waals surface area contributed by atoms with Gasteiger partial charge in [-0.3, -0.25) is 0 Å². The number of likely N-dealkylation sites (N-methyl/N-ethyl adjacent to an activating group) is 1. The van der Waals surface area contributed by atoms with Gasteiger partial charge in [-0.25, -0.2) is 4.98 Å². The first-order chi connectivity index (χ1) is 6.74. The van der Waals surface area contributed by atoms with E-state index in [1.807, 2.05) is 12.3 Å². The van der Waals surface area contributed by atoms with Crippen LogP contribution in [0.1, 0.15) is 18.9 Å². The summed E-state index contributed by atoms with van der Waals surface area (Å²) in [4.78, 5) is 6.70. The van der Waals surface area contributed by atoms with E-state index < -0.39 is 0 Å². The maximum absolute atomic E-state index is 4.42. The molecule has 2 rings (SSSR count). The number of anilines is 2. The first-order valence-corrected chi connectivity index (χ1v) is 5.16. The summed E-state index contributed by atoms with van der Waals surface area (Å²) in [5, 5.41) is 3.46. The van der Waals surface area contributed by atoms with E-state index in [0.717, 1.165) is 18.8 Å². The van der Waals surface area contributed by atoms with Crippen LogP contribution in [-0.2, 0) is 0 Å². The second-order valence-electron chi connectivity index (χ2n) is 3.88. The van der Waals surface area contributed by atoms with E-state index in [9.17, 15) is 0 Å². The molecular formula is C11H17N3. The lowest BCUT2D eigenvalue weighted by atomic mass is 10.1. The minimum atomic E-state index is 0.566. The number of nitrogens with one attached hydrogen (secondary N) is 1. The molecule has 1 aliphatic rings. The van der Waals surface area contributed by atoms with Crippen molar-refractivity contribution >= 4 is 11.5 Å². The SMILES string of the molecule is CCC1CNc2c(C)ccnc2N1C. The predicted octanol–water partition coefficient (Wildman–Crippen LogP) is 2.03. The Morgan fingerprint density at radius 2 is 2.43 bits per heavy atom. The fraction of sp³-hybridized carbons (Fsp3) is 0.545. The number of nitrogens with zero attached hydrogens (tertiary/aromatic N) is 2. The molecule has 0 spiro atoms. The summed E-state index contributed by atoms with van der Waals surface area (Å²) in [5.41, 5.74) is 2.47. The highest BCUT2D eigenvalue weighted by Crippen LogP contribution is 2.31. The molecule has 1 aliphatic heterocycles. The molecule has 1 aromatic rings. The van der Waals surface area contributed by atoms with E-state index >= 15 is 0 Å². The molecule has 0 aliphatic carbocycles. The number of hydrogen-bond acceptors (Lipinski definition) is 3. The highest BCUT2D eigenvalue weighted by Gasteiger charge is 2.23. The van der Waals surface area contributed by atoms with Gasteiger partial charge in [-0.15, -0.1) is 0 Å². The minimum absolute atomic E-state index is 0.566. The predicted molar refractivity (Wildman–Crippen MR) is 59.9 cm³/mol.